The van der Waals surface area contributed by atoms with Crippen LogP contribution in [0.15, 0.2) is 0 Å². The number of halogens is 1. The molecular weight excluding hydrogens is 256 g/mol. The Morgan fingerprint density at radius 3 is 2.39 bits per heavy atom. The normalized spacial score (nSPS) is 16.7. The number of amides is 1. The molecule has 1 amide bonds. The highest BCUT2D eigenvalue weighted by Gasteiger charge is 2.20. The summed E-state index contributed by atoms with van der Waals surface area (Å²) in [4.78, 5) is 26.8. The minimum atomic E-state index is -0.185. The van der Waals surface area contributed by atoms with E-state index < -0.39 is 0 Å². The van der Waals surface area contributed by atoms with Gasteiger partial charge in [-0.1, -0.05) is 0 Å². The molecule has 5 nitrogen and oxygen atoms in total. The summed E-state index contributed by atoms with van der Waals surface area (Å²) in [7, 11) is 1.40. The third-order valence-corrected chi connectivity index (χ3v) is 3.38. The van der Waals surface area contributed by atoms with Gasteiger partial charge >= 0.3 is 5.97 Å². The lowest BCUT2D eigenvalue weighted by Gasteiger charge is -2.34. The van der Waals surface area contributed by atoms with Gasteiger partial charge in [0.25, 0.3) is 0 Å². The van der Waals surface area contributed by atoms with Gasteiger partial charge in [0.15, 0.2) is 0 Å². The molecule has 1 aliphatic rings. The smallest absolute Gasteiger partial charge is 0.306 e. The summed E-state index contributed by atoms with van der Waals surface area (Å²) < 4.78 is 4.60. The van der Waals surface area contributed by atoms with Crippen LogP contribution in [0.3, 0.4) is 0 Å². The Balaban J connectivity index is 2.20. The van der Waals surface area contributed by atoms with Crippen molar-refractivity contribution in [3.63, 3.8) is 0 Å². The Morgan fingerprint density at radius 2 is 1.83 bits per heavy atom. The number of methoxy groups -OCH3 is 1. The minimum absolute atomic E-state index is 0.184. The molecule has 0 saturated carbocycles. The fraction of sp³-hybridized carbons (Fsp3) is 0.833. The molecule has 0 radical (unpaired) electrons. The zero-order valence-electron chi connectivity index (χ0n) is 10.9. The van der Waals surface area contributed by atoms with Crippen molar-refractivity contribution >= 4 is 23.5 Å². The molecule has 1 fully saturated rings. The molecule has 0 unspecified atom stereocenters. The van der Waals surface area contributed by atoms with E-state index in [1.54, 1.807) is 0 Å². The van der Waals surface area contributed by atoms with Crippen molar-refractivity contribution in [1.29, 1.82) is 0 Å². The molecule has 0 atom stereocenters. The Bertz CT molecular complexity index is 278. The monoisotopic (exact) mass is 276 g/mol. The van der Waals surface area contributed by atoms with E-state index in [-0.39, 0.29) is 11.9 Å². The molecule has 1 rings (SSSR count). The maximum atomic E-state index is 11.8. The van der Waals surface area contributed by atoms with Crippen LogP contribution in [0.5, 0.6) is 0 Å². The van der Waals surface area contributed by atoms with Crippen molar-refractivity contribution in [1.82, 2.24) is 9.80 Å². The molecule has 0 spiro atoms. The number of hydrogen-bond donors (Lipinski definition) is 0. The number of rotatable bonds is 6. The van der Waals surface area contributed by atoms with E-state index in [0.717, 1.165) is 32.6 Å². The first-order chi connectivity index (χ1) is 8.67. The second kappa shape index (κ2) is 8.32. The molecule has 1 heterocycles. The summed E-state index contributed by atoms with van der Waals surface area (Å²) in [6.45, 7) is 3.83. The van der Waals surface area contributed by atoms with E-state index in [1.807, 2.05) is 4.90 Å². The van der Waals surface area contributed by atoms with E-state index in [1.165, 1.54) is 7.11 Å². The first kappa shape index (κ1) is 15.2. The van der Waals surface area contributed by atoms with E-state index >= 15 is 0 Å². The van der Waals surface area contributed by atoms with Crippen LogP contribution < -0.4 is 0 Å². The quantitative estimate of drug-likeness (QED) is 0.530. The lowest BCUT2D eigenvalue weighted by atomic mass is 10.2. The third-order valence-electron chi connectivity index (χ3n) is 3.11. The summed E-state index contributed by atoms with van der Waals surface area (Å²) in [5.41, 5.74) is 0. The van der Waals surface area contributed by atoms with E-state index in [9.17, 15) is 9.59 Å². The SMILES string of the molecule is COC(=O)CCN1CCN(C(=O)CCCCl)CC1. The number of alkyl halides is 1. The van der Waals surface area contributed by atoms with Gasteiger partial charge in [-0.2, -0.15) is 0 Å². The Hall–Kier alpha value is -0.810. The molecule has 0 aliphatic carbocycles. The van der Waals surface area contributed by atoms with Gasteiger partial charge in [-0.3, -0.25) is 14.5 Å². The summed E-state index contributed by atoms with van der Waals surface area (Å²) in [5, 5.41) is 0. The number of ether oxygens (including phenoxy) is 1. The lowest BCUT2D eigenvalue weighted by molar-refractivity contribution is -0.141. The van der Waals surface area contributed by atoms with E-state index in [0.29, 0.717) is 25.3 Å². The largest absolute Gasteiger partial charge is 0.469 e. The van der Waals surface area contributed by atoms with Gasteiger partial charge in [-0.25, -0.2) is 0 Å². The molecule has 18 heavy (non-hydrogen) atoms. The number of carbonyl (C=O) groups is 2. The van der Waals surface area contributed by atoms with Crippen LogP contribution >= 0.6 is 11.6 Å². The van der Waals surface area contributed by atoms with Gasteiger partial charge in [-0.05, 0) is 6.42 Å². The summed E-state index contributed by atoms with van der Waals surface area (Å²) in [6.07, 6.45) is 1.69. The van der Waals surface area contributed by atoms with Gasteiger partial charge in [0.05, 0.1) is 13.5 Å². The number of piperazine rings is 1. The molecule has 0 N–H and O–H groups in total. The molecule has 1 saturated heterocycles. The van der Waals surface area contributed by atoms with E-state index in [4.69, 9.17) is 11.6 Å². The van der Waals surface area contributed by atoms with Crippen molar-refractivity contribution in [3.8, 4) is 0 Å². The average molecular weight is 277 g/mol. The van der Waals surface area contributed by atoms with Crippen LogP contribution in [0.25, 0.3) is 0 Å². The summed E-state index contributed by atoms with van der Waals surface area (Å²) >= 11 is 5.57. The fourth-order valence-corrected chi connectivity index (χ4v) is 2.08. The molecule has 6 heteroatoms. The Kier molecular flexibility index (Phi) is 7.05. The van der Waals surface area contributed by atoms with Crippen LogP contribution in [-0.2, 0) is 14.3 Å². The third kappa shape index (κ3) is 5.23. The molecule has 0 aromatic rings. The maximum Gasteiger partial charge on any atom is 0.306 e. The second-order valence-corrected chi connectivity index (χ2v) is 4.72. The van der Waals surface area contributed by atoms with Crippen LogP contribution in [0.4, 0.5) is 0 Å². The molecule has 0 bridgehead atoms. The minimum Gasteiger partial charge on any atom is -0.469 e. The topological polar surface area (TPSA) is 49.9 Å². The lowest BCUT2D eigenvalue weighted by Crippen LogP contribution is -2.49. The first-order valence-corrected chi connectivity index (χ1v) is 6.83. The molecule has 1 aliphatic heterocycles. The number of carbonyl (C=O) groups excluding carboxylic acids is 2. The van der Waals surface area contributed by atoms with Gasteiger partial charge in [-0.15, -0.1) is 11.6 Å². The zero-order chi connectivity index (χ0) is 13.4. The number of hydrogen-bond acceptors (Lipinski definition) is 4. The van der Waals surface area contributed by atoms with Crippen LogP contribution in [0.2, 0.25) is 0 Å². The van der Waals surface area contributed by atoms with Crippen LogP contribution in [-0.4, -0.2) is 67.4 Å². The Labute approximate surface area is 113 Å². The van der Waals surface area contributed by atoms with Crippen molar-refractivity contribution in [2.24, 2.45) is 0 Å². The Morgan fingerprint density at radius 1 is 1.17 bits per heavy atom. The average Bonchev–Trinajstić information content (AvgIpc) is 2.42. The zero-order valence-corrected chi connectivity index (χ0v) is 11.6. The molecule has 0 aromatic heterocycles. The molecular formula is C12H21ClN2O3. The van der Waals surface area contributed by atoms with Crippen LogP contribution in [0.1, 0.15) is 19.3 Å². The fourth-order valence-electron chi connectivity index (χ4n) is 1.95. The van der Waals surface area contributed by atoms with Crippen molar-refractivity contribution in [2.45, 2.75) is 19.3 Å². The predicted molar refractivity (Wildman–Crippen MR) is 69.6 cm³/mol. The van der Waals surface area contributed by atoms with Gasteiger partial charge in [0.1, 0.15) is 0 Å². The first-order valence-electron chi connectivity index (χ1n) is 6.30. The highest BCUT2D eigenvalue weighted by Crippen LogP contribution is 2.06. The van der Waals surface area contributed by atoms with Crippen molar-refractivity contribution in [2.75, 3.05) is 45.7 Å². The number of nitrogens with zero attached hydrogens (tertiary/aromatic N) is 2. The van der Waals surface area contributed by atoms with Crippen molar-refractivity contribution in [3.05, 3.63) is 0 Å². The standard InChI is InChI=1S/C12H21ClN2O3/c1-18-12(17)4-6-14-7-9-15(10-8-14)11(16)3-2-5-13/h2-10H2,1H3. The van der Waals surface area contributed by atoms with Crippen LogP contribution in [0, 0.1) is 0 Å². The highest BCUT2D eigenvalue weighted by atomic mass is 35.5. The second-order valence-electron chi connectivity index (χ2n) is 4.34. The van der Waals surface area contributed by atoms with Gasteiger partial charge in [0.2, 0.25) is 5.91 Å². The van der Waals surface area contributed by atoms with Crippen molar-refractivity contribution < 1.29 is 14.3 Å². The highest BCUT2D eigenvalue weighted by molar-refractivity contribution is 6.17. The van der Waals surface area contributed by atoms with Gasteiger partial charge < -0.3 is 9.64 Å². The van der Waals surface area contributed by atoms with E-state index in [2.05, 4.69) is 9.64 Å². The predicted octanol–water partition coefficient (Wildman–Crippen LogP) is 0.713. The van der Waals surface area contributed by atoms with Gasteiger partial charge in [0, 0.05) is 45.0 Å². The maximum absolute atomic E-state index is 11.8. The number of esters is 1. The molecule has 104 valence electrons. The summed E-state index contributed by atoms with van der Waals surface area (Å²) in [5.74, 6) is 0.532. The summed E-state index contributed by atoms with van der Waals surface area (Å²) in [6, 6.07) is 0. The molecule has 0 aromatic carbocycles.